The maximum atomic E-state index is 12.8. The van der Waals surface area contributed by atoms with Gasteiger partial charge in [0, 0.05) is 17.3 Å². The van der Waals surface area contributed by atoms with Gasteiger partial charge in [-0.05, 0) is 31.9 Å². The van der Waals surface area contributed by atoms with Crippen molar-refractivity contribution in [1.29, 1.82) is 0 Å². The Morgan fingerprint density at radius 2 is 1.82 bits per heavy atom. The van der Waals surface area contributed by atoms with Gasteiger partial charge in [-0.3, -0.25) is 9.89 Å². The van der Waals surface area contributed by atoms with Crippen LogP contribution in [0.25, 0.3) is 16.9 Å². The maximum absolute atomic E-state index is 12.8. The number of anilines is 1. The molecule has 5 heteroatoms. The van der Waals surface area contributed by atoms with Gasteiger partial charge < -0.3 is 5.73 Å². The maximum Gasteiger partial charge on any atom is 0.276 e. The Balaban J connectivity index is 2.43. The van der Waals surface area contributed by atoms with Crippen LogP contribution in [-0.2, 0) is 0 Å². The number of hydrogen-bond donors (Lipinski definition) is 2. The van der Waals surface area contributed by atoms with E-state index >= 15 is 0 Å². The van der Waals surface area contributed by atoms with Crippen molar-refractivity contribution in [3.05, 3.63) is 51.4 Å². The number of aryl methyl sites for hydroxylation is 2. The monoisotopic (exact) mass is 296 g/mol. The number of hydrogen-bond acceptors (Lipinski definition) is 3. The van der Waals surface area contributed by atoms with Crippen LogP contribution in [0.1, 0.15) is 36.5 Å². The number of nitrogen functional groups attached to an aromatic ring is 1. The molecule has 0 aliphatic carbocycles. The van der Waals surface area contributed by atoms with Crippen molar-refractivity contribution in [3.8, 4) is 11.3 Å². The predicted molar refractivity (Wildman–Crippen MR) is 89.2 cm³/mol. The molecule has 2 heterocycles. The largest absolute Gasteiger partial charge is 0.394 e. The average molecular weight is 296 g/mol. The highest BCUT2D eigenvalue weighted by Gasteiger charge is 2.19. The molecule has 0 saturated heterocycles. The van der Waals surface area contributed by atoms with E-state index in [0.29, 0.717) is 16.9 Å². The summed E-state index contributed by atoms with van der Waals surface area (Å²) in [6.07, 6.45) is 1.60. The molecule has 0 fully saturated rings. The Kier molecular flexibility index (Phi) is 3.28. The number of nitrogens with one attached hydrogen (secondary N) is 1. The molecule has 114 valence electrons. The smallest absolute Gasteiger partial charge is 0.276 e. The second-order valence-corrected chi connectivity index (χ2v) is 6.10. The zero-order chi connectivity index (χ0) is 16.0. The first-order valence-electron chi connectivity index (χ1n) is 7.36. The van der Waals surface area contributed by atoms with E-state index in [-0.39, 0.29) is 11.5 Å². The molecule has 3 aromatic rings. The van der Waals surface area contributed by atoms with Crippen LogP contribution in [-0.4, -0.2) is 14.6 Å². The lowest BCUT2D eigenvalue weighted by Crippen LogP contribution is -2.22. The van der Waals surface area contributed by atoms with E-state index in [1.54, 1.807) is 6.20 Å². The van der Waals surface area contributed by atoms with Crippen LogP contribution >= 0.6 is 0 Å². The Labute approximate surface area is 128 Å². The van der Waals surface area contributed by atoms with E-state index in [4.69, 9.17) is 5.73 Å². The van der Waals surface area contributed by atoms with Crippen molar-refractivity contribution in [2.45, 2.75) is 33.6 Å². The van der Waals surface area contributed by atoms with Crippen molar-refractivity contribution in [1.82, 2.24) is 14.6 Å². The van der Waals surface area contributed by atoms with Crippen molar-refractivity contribution in [3.63, 3.8) is 0 Å². The first-order chi connectivity index (χ1) is 10.4. The molecule has 0 aliphatic heterocycles. The summed E-state index contributed by atoms with van der Waals surface area (Å²) in [5.41, 5.74) is 11.5. The molecule has 0 atom stereocenters. The third-order valence-corrected chi connectivity index (χ3v) is 3.80. The highest BCUT2D eigenvalue weighted by molar-refractivity contribution is 5.72. The molecule has 0 radical (unpaired) electrons. The van der Waals surface area contributed by atoms with E-state index in [1.807, 2.05) is 27.7 Å². The van der Waals surface area contributed by atoms with Crippen molar-refractivity contribution < 1.29 is 0 Å². The molecule has 1 aromatic carbocycles. The SMILES string of the molecule is Cc1cc(C)cc(-c2nc3c(N)c[nH]n3c(=O)c2C(C)C)c1. The molecule has 0 bridgehead atoms. The fourth-order valence-corrected chi connectivity index (χ4v) is 2.90. The molecule has 2 aromatic heterocycles. The Bertz CT molecular complexity index is 898. The molecule has 0 unspecified atom stereocenters. The number of H-pyrrole nitrogens is 1. The molecule has 22 heavy (non-hydrogen) atoms. The van der Waals surface area contributed by atoms with Crippen LogP contribution in [0.3, 0.4) is 0 Å². The lowest BCUT2D eigenvalue weighted by atomic mass is 9.96. The summed E-state index contributed by atoms with van der Waals surface area (Å²) < 4.78 is 1.41. The van der Waals surface area contributed by atoms with Gasteiger partial charge in [0.2, 0.25) is 0 Å². The van der Waals surface area contributed by atoms with Gasteiger partial charge in [-0.25, -0.2) is 4.98 Å². The summed E-state index contributed by atoms with van der Waals surface area (Å²) in [6, 6.07) is 6.22. The van der Waals surface area contributed by atoms with Crippen LogP contribution in [0.5, 0.6) is 0 Å². The van der Waals surface area contributed by atoms with Crippen LogP contribution in [0.15, 0.2) is 29.2 Å². The Hall–Kier alpha value is -2.56. The third-order valence-electron chi connectivity index (χ3n) is 3.80. The summed E-state index contributed by atoms with van der Waals surface area (Å²) in [4.78, 5) is 17.5. The van der Waals surface area contributed by atoms with Gasteiger partial charge in [0.1, 0.15) is 0 Å². The topological polar surface area (TPSA) is 76.2 Å². The number of fused-ring (bicyclic) bond motifs is 1. The standard InChI is InChI=1S/C17H20N4O/c1-9(2)14-15(12-6-10(3)5-11(4)7-12)20-16-13(18)8-19-21(16)17(14)22/h5-9,19H,18H2,1-4H3. The van der Waals surface area contributed by atoms with Gasteiger partial charge in [0.15, 0.2) is 5.65 Å². The normalized spacial score (nSPS) is 11.5. The van der Waals surface area contributed by atoms with E-state index in [2.05, 4.69) is 28.3 Å². The first-order valence-corrected chi connectivity index (χ1v) is 7.36. The molecule has 3 rings (SSSR count). The fourth-order valence-electron chi connectivity index (χ4n) is 2.90. The summed E-state index contributed by atoms with van der Waals surface area (Å²) in [7, 11) is 0. The van der Waals surface area contributed by atoms with Gasteiger partial charge in [0.25, 0.3) is 5.56 Å². The second kappa shape index (κ2) is 5.02. The van der Waals surface area contributed by atoms with E-state index in [0.717, 1.165) is 22.4 Å². The summed E-state index contributed by atoms with van der Waals surface area (Å²) in [5, 5.41) is 2.87. The van der Waals surface area contributed by atoms with E-state index < -0.39 is 0 Å². The number of nitrogens with zero attached hydrogens (tertiary/aromatic N) is 2. The minimum atomic E-state index is -0.0918. The van der Waals surface area contributed by atoms with Gasteiger partial charge in [-0.15, -0.1) is 0 Å². The van der Waals surface area contributed by atoms with Crippen LogP contribution in [0.2, 0.25) is 0 Å². The zero-order valence-electron chi connectivity index (χ0n) is 13.3. The lowest BCUT2D eigenvalue weighted by molar-refractivity contribution is 0.797. The highest BCUT2D eigenvalue weighted by Crippen LogP contribution is 2.28. The summed E-state index contributed by atoms with van der Waals surface area (Å²) in [5.74, 6) is 0.0669. The molecule has 0 amide bonds. The number of rotatable bonds is 2. The Morgan fingerprint density at radius 3 is 2.41 bits per heavy atom. The molecule has 0 saturated carbocycles. The van der Waals surface area contributed by atoms with Gasteiger partial charge in [0.05, 0.1) is 11.4 Å². The van der Waals surface area contributed by atoms with E-state index in [9.17, 15) is 4.79 Å². The van der Waals surface area contributed by atoms with Crippen LogP contribution < -0.4 is 11.3 Å². The zero-order valence-corrected chi connectivity index (χ0v) is 13.3. The van der Waals surface area contributed by atoms with Crippen LogP contribution in [0.4, 0.5) is 5.69 Å². The third kappa shape index (κ3) is 2.19. The number of nitrogens with two attached hydrogens (primary N) is 1. The van der Waals surface area contributed by atoms with Crippen molar-refractivity contribution in [2.75, 3.05) is 5.73 Å². The number of aromatic nitrogens is 3. The first kappa shape index (κ1) is 14.4. The lowest BCUT2D eigenvalue weighted by Gasteiger charge is -2.13. The number of aromatic amines is 1. The second-order valence-electron chi connectivity index (χ2n) is 6.10. The van der Waals surface area contributed by atoms with Gasteiger partial charge >= 0.3 is 0 Å². The summed E-state index contributed by atoms with van der Waals surface area (Å²) in [6.45, 7) is 8.09. The molecule has 0 aliphatic rings. The molecule has 3 N–H and O–H groups in total. The fraction of sp³-hybridized carbons (Fsp3) is 0.294. The molecular formula is C17H20N4O. The van der Waals surface area contributed by atoms with Gasteiger partial charge in [-0.2, -0.15) is 4.52 Å². The molecular weight excluding hydrogens is 276 g/mol. The minimum Gasteiger partial charge on any atom is -0.394 e. The molecule has 5 nitrogen and oxygen atoms in total. The summed E-state index contributed by atoms with van der Waals surface area (Å²) >= 11 is 0. The van der Waals surface area contributed by atoms with Crippen LogP contribution in [0, 0.1) is 13.8 Å². The van der Waals surface area contributed by atoms with Crippen molar-refractivity contribution >= 4 is 11.3 Å². The van der Waals surface area contributed by atoms with Gasteiger partial charge in [-0.1, -0.05) is 31.0 Å². The van der Waals surface area contributed by atoms with Crippen molar-refractivity contribution in [2.24, 2.45) is 0 Å². The minimum absolute atomic E-state index is 0.0669. The predicted octanol–water partition coefficient (Wildman–Crippen LogP) is 3.01. The number of benzene rings is 1. The quantitative estimate of drug-likeness (QED) is 0.763. The average Bonchev–Trinajstić information content (AvgIpc) is 2.79. The highest BCUT2D eigenvalue weighted by atomic mass is 16.1. The van der Waals surface area contributed by atoms with E-state index in [1.165, 1.54) is 4.52 Å². The molecule has 0 spiro atoms. The Morgan fingerprint density at radius 1 is 1.18 bits per heavy atom.